The van der Waals surface area contributed by atoms with Gasteiger partial charge in [0.05, 0.1) is 23.8 Å². The Hall–Kier alpha value is -1.86. The van der Waals surface area contributed by atoms with E-state index in [1.165, 1.54) is 0 Å². The number of amides is 1. The van der Waals surface area contributed by atoms with Crippen LogP contribution in [0.15, 0.2) is 24.3 Å². The van der Waals surface area contributed by atoms with Gasteiger partial charge in [0.15, 0.2) is 0 Å². The smallest absolute Gasteiger partial charge is 0.251 e. The van der Waals surface area contributed by atoms with Crippen LogP contribution in [0, 0.1) is 11.3 Å². The molecule has 0 bridgehead atoms. The molecule has 0 aromatic heterocycles. The third-order valence-electron chi connectivity index (χ3n) is 3.16. The van der Waals surface area contributed by atoms with Crippen molar-refractivity contribution in [1.82, 2.24) is 5.32 Å². The highest BCUT2D eigenvalue weighted by Gasteiger charge is 2.23. The summed E-state index contributed by atoms with van der Waals surface area (Å²) in [6.07, 6.45) is 2.17. The molecule has 0 radical (unpaired) electrons. The molecular weight excluding hydrogens is 228 g/mol. The lowest BCUT2D eigenvalue weighted by Gasteiger charge is -2.19. The van der Waals surface area contributed by atoms with E-state index >= 15 is 0 Å². The summed E-state index contributed by atoms with van der Waals surface area (Å²) in [4.78, 5) is 12.0. The van der Waals surface area contributed by atoms with E-state index in [9.17, 15) is 4.79 Å². The molecule has 0 saturated carbocycles. The first-order chi connectivity index (χ1) is 8.70. The van der Waals surface area contributed by atoms with Crippen molar-refractivity contribution in [1.29, 1.82) is 5.26 Å². The number of rotatable bonds is 3. The van der Waals surface area contributed by atoms with Crippen LogP contribution < -0.4 is 5.32 Å². The summed E-state index contributed by atoms with van der Waals surface area (Å²) in [6, 6.07) is 8.65. The number of hydrogen-bond acceptors (Lipinski definition) is 3. The third kappa shape index (κ3) is 2.88. The minimum atomic E-state index is -0.123. The maximum Gasteiger partial charge on any atom is 0.251 e. The van der Waals surface area contributed by atoms with E-state index in [1.807, 2.05) is 13.0 Å². The normalized spacial score (nSPS) is 20.1. The Morgan fingerprint density at radius 2 is 2.22 bits per heavy atom. The van der Waals surface area contributed by atoms with Crippen LogP contribution in [0.1, 0.15) is 35.7 Å². The number of benzene rings is 1. The quantitative estimate of drug-likeness (QED) is 0.882. The lowest BCUT2D eigenvalue weighted by Crippen LogP contribution is -2.40. The van der Waals surface area contributed by atoms with E-state index in [0.717, 1.165) is 19.4 Å². The van der Waals surface area contributed by atoms with Gasteiger partial charge in [-0.25, -0.2) is 0 Å². The van der Waals surface area contributed by atoms with Crippen LogP contribution in [0.25, 0.3) is 0 Å². The highest BCUT2D eigenvalue weighted by atomic mass is 16.5. The summed E-state index contributed by atoms with van der Waals surface area (Å²) < 4.78 is 5.53. The molecule has 1 heterocycles. The predicted molar refractivity (Wildman–Crippen MR) is 67.1 cm³/mol. The average Bonchev–Trinajstić information content (AvgIpc) is 2.92. The Labute approximate surface area is 107 Å². The number of nitriles is 1. The molecule has 1 N–H and O–H groups in total. The Kier molecular flexibility index (Phi) is 3.96. The number of ether oxygens (including phenoxy) is 1. The van der Waals surface area contributed by atoms with Crippen molar-refractivity contribution in [3.8, 4) is 6.07 Å². The van der Waals surface area contributed by atoms with Gasteiger partial charge in [-0.1, -0.05) is 0 Å². The van der Waals surface area contributed by atoms with Gasteiger partial charge < -0.3 is 10.1 Å². The molecular formula is C14H16N2O2. The zero-order valence-electron chi connectivity index (χ0n) is 10.3. The van der Waals surface area contributed by atoms with E-state index in [2.05, 4.69) is 5.32 Å². The standard InChI is InChI=1S/C14H16N2O2/c1-10(13-3-2-8-18-13)16-14(17)12-6-4-11(9-15)5-7-12/h4-7,10,13H,2-3,8H2,1H3,(H,16,17)/t10-,13-/m0/s1. The Balaban J connectivity index is 1.96. The van der Waals surface area contributed by atoms with Crippen molar-refractivity contribution in [3.63, 3.8) is 0 Å². The first-order valence-corrected chi connectivity index (χ1v) is 6.13. The second-order valence-corrected chi connectivity index (χ2v) is 4.50. The van der Waals surface area contributed by atoms with Gasteiger partial charge >= 0.3 is 0 Å². The molecule has 0 unspecified atom stereocenters. The first kappa shape index (κ1) is 12.6. The van der Waals surface area contributed by atoms with Crippen LogP contribution in [-0.2, 0) is 4.74 Å². The van der Waals surface area contributed by atoms with Gasteiger partial charge in [-0.05, 0) is 44.0 Å². The van der Waals surface area contributed by atoms with E-state index in [1.54, 1.807) is 24.3 Å². The van der Waals surface area contributed by atoms with E-state index in [4.69, 9.17) is 10.00 Å². The van der Waals surface area contributed by atoms with Crippen molar-refractivity contribution in [3.05, 3.63) is 35.4 Å². The number of carbonyl (C=O) groups excluding carboxylic acids is 1. The molecule has 4 nitrogen and oxygen atoms in total. The lowest BCUT2D eigenvalue weighted by molar-refractivity contribution is 0.0712. The van der Waals surface area contributed by atoms with Gasteiger partial charge in [-0.2, -0.15) is 5.26 Å². The van der Waals surface area contributed by atoms with E-state index in [0.29, 0.717) is 11.1 Å². The van der Waals surface area contributed by atoms with Crippen LogP contribution in [0.3, 0.4) is 0 Å². The Morgan fingerprint density at radius 3 is 2.78 bits per heavy atom. The molecule has 1 aliphatic heterocycles. The van der Waals surface area contributed by atoms with Gasteiger partial charge in [-0.3, -0.25) is 4.79 Å². The minimum Gasteiger partial charge on any atom is -0.376 e. The minimum absolute atomic E-state index is 0.00985. The van der Waals surface area contributed by atoms with Crippen LogP contribution in [0.5, 0.6) is 0 Å². The van der Waals surface area contributed by atoms with E-state index < -0.39 is 0 Å². The highest BCUT2D eigenvalue weighted by Crippen LogP contribution is 2.15. The fraction of sp³-hybridized carbons (Fsp3) is 0.429. The molecule has 0 aliphatic carbocycles. The van der Waals surface area contributed by atoms with Gasteiger partial charge in [0.25, 0.3) is 5.91 Å². The van der Waals surface area contributed by atoms with Crippen molar-refractivity contribution in [2.45, 2.75) is 31.9 Å². The molecule has 2 atom stereocenters. The maximum atomic E-state index is 12.0. The fourth-order valence-electron chi connectivity index (χ4n) is 2.08. The molecule has 1 aromatic rings. The zero-order valence-corrected chi connectivity index (χ0v) is 10.3. The van der Waals surface area contributed by atoms with Crippen LogP contribution in [0.2, 0.25) is 0 Å². The Morgan fingerprint density at radius 1 is 1.50 bits per heavy atom. The zero-order chi connectivity index (χ0) is 13.0. The third-order valence-corrected chi connectivity index (χ3v) is 3.16. The second kappa shape index (κ2) is 5.65. The molecule has 2 rings (SSSR count). The molecule has 1 aromatic carbocycles. The average molecular weight is 244 g/mol. The van der Waals surface area contributed by atoms with Gasteiger partial charge in [0.1, 0.15) is 0 Å². The van der Waals surface area contributed by atoms with Gasteiger partial charge in [0, 0.05) is 12.2 Å². The molecule has 0 spiro atoms. The Bertz CT molecular complexity index is 456. The first-order valence-electron chi connectivity index (χ1n) is 6.13. The number of nitrogens with zero attached hydrogens (tertiary/aromatic N) is 1. The topological polar surface area (TPSA) is 62.1 Å². The fourth-order valence-corrected chi connectivity index (χ4v) is 2.08. The van der Waals surface area contributed by atoms with Crippen molar-refractivity contribution in [2.75, 3.05) is 6.61 Å². The maximum absolute atomic E-state index is 12.0. The summed E-state index contributed by atoms with van der Waals surface area (Å²) in [5, 5.41) is 11.6. The lowest BCUT2D eigenvalue weighted by atomic mass is 10.1. The number of nitrogens with one attached hydrogen (secondary N) is 1. The molecule has 1 fully saturated rings. The van der Waals surface area contributed by atoms with Gasteiger partial charge in [-0.15, -0.1) is 0 Å². The van der Waals surface area contributed by atoms with Crippen LogP contribution in [0.4, 0.5) is 0 Å². The largest absolute Gasteiger partial charge is 0.376 e. The highest BCUT2D eigenvalue weighted by molar-refractivity contribution is 5.94. The van der Waals surface area contributed by atoms with Crippen molar-refractivity contribution in [2.24, 2.45) is 0 Å². The SMILES string of the molecule is C[C@H](NC(=O)c1ccc(C#N)cc1)[C@@H]1CCCO1. The second-order valence-electron chi connectivity index (χ2n) is 4.50. The molecule has 18 heavy (non-hydrogen) atoms. The molecule has 1 amide bonds. The van der Waals surface area contributed by atoms with Crippen molar-refractivity contribution >= 4 is 5.91 Å². The molecule has 94 valence electrons. The predicted octanol–water partition coefficient (Wildman–Crippen LogP) is 1.86. The summed E-state index contributed by atoms with van der Waals surface area (Å²) in [6.45, 7) is 2.74. The van der Waals surface area contributed by atoms with Crippen molar-refractivity contribution < 1.29 is 9.53 Å². The molecule has 1 aliphatic rings. The monoisotopic (exact) mass is 244 g/mol. The van der Waals surface area contributed by atoms with Gasteiger partial charge in [0.2, 0.25) is 0 Å². The van der Waals surface area contributed by atoms with Crippen LogP contribution >= 0.6 is 0 Å². The molecule has 1 saturated heterocycles. The molecule has 4 heteroatoms. The summed E-state index contributed by atoms with van der Waals surface area (Å²) in [5.41, 5.74) is 1.12. The summed E-state index contributed by atoms with van der Waals surface area (Å²) in [7, 11) is 0. The van der Waals surface area contributed by atoms with E-state index in [-0.39, 0.29) is 18.1 Å². The number of hydrogen-bond donors (Lipinski definition) is 1. The van der Waals surface area contributed by atoms with Crippen LogP contribution in [-0.4, -0.2) is 24.7 Å². The summed E-state index contributed by atoms with van der Waals surface area (Å²) >= 11 is 0. The number of carbonyl (C=O) groups is 1. The summed E-state index contributed by atoms with van der Waals surface area (Å²) in [5.74, 6) is -0.123.